The molecule has 0 saturated carbocycles. The molecule has 8 heteroatoms. The molecule has 0 aliphatic rings. The van der Waals surface area contributed by atoms with Gasteiger partial charge in [0, 0.05) is 24.7 Å². The fourth-order valence-electron chi connectivity index (χ4n) is 2.53. The molecule has 2 aromatic rings. The number of fused-ring (bicyclic) bond motifs is 1. The van der Waals surface area contributed by atoms with Crippen molar-refractivity contribution in [1.29, 1.82) is 0 Å². The van der Waals surface area contributed by atoms with Crippen molar-refractivity contribution < 1.29 is 14.7 Å². The van der Waals surface area contributed by atoms with Gasteiger partial charge in [-0.2, -0.15) is 0 Å². The Morgan fingerprint density at radius 3 is 2.50 bits per heavy atom. The zero-order chi connectivity index (χ0) is 17.9. The highest BCUT2D eigenvalue weighted by atomic mass is 16.3. The summed E-state index contributed by atoms with van der Waals surface area (Å²) < 4.78 is 1.15. The van der Waals surface area contributed by atoms with Crippen molar-refractivity contribution in [2.45, 2.75) is 27.0 Å². The molecule has 0 bridgehead atoms. The Labute approximate surface area is 138 Å². The summed E-state index contributed by atoms with van der Waals surface area (Å²) in [5.74, 6) is -1.13. The molecule has 0 fully saturated rings. The summed E-state index contributed by atoms with van der Waals surface area (Å²) in [7, 11) is 0. The average molecular weight is 332 g/mol. The number of hydrogen-bond donors (Lipinski definition) is 2. The lowest BCUT2D eigenvalue weighted by Crippen LogP contribution is -2.38. The van der Waals surface area contributed by atoms with E-state index in [4.69, 9.17) is 5.73 Å². The number of aromatic nitrogens is 2. The average Bonchev–Trinajstić information content (AvgIpc) is 2.57. The SMILES string of the molecule is CCN(CC)C(=O)Cn1c(=O)c(C(N)=O)cc2cc(CO)cnc21. The second-order valence-corrected chi connectivity index (χ2v) is 5.29. The highest BCUT2D eigenvalue weighted by molar-refractivity contribution is 5.96. The smallest absolute Gasteiger partial charge is 0.265 e. The highest BCUT2D eigenvalue weighted by Gasteiger charge is 2.18. The van der Waals surface area contributed by atoms with Crippen molar-refractivity contribution in [3.8, 4) is 0 Å². The summed E-state index contributed by atoms with van der Waals surface area (Å²) in [5.41, 5.74) is 5.19. The van der Waals surface area contributed by atoms with Gasteiger partial charge in [0.1, 0.15) is 17.8 Å². The maximum atomic E-state index is 12.5. The molecule has 2 heterocycles. The van der Waals surface area contributed by atoms with Gasteiger partial charge in [-0.3, -0.25) is 19.0 Å². The van der Waals surface area contributed by atoms with Gasteiger partial charge in [0.15, 0.2) is 0 Å². The fourth-order valence-corrected chi connectivity index (χ4v) is 2.53. The molecular formula is C16H20N4O4. The lowest BCUT2D eigenvalue weighted by atomic mass is 10.1. The van der Waals surface area contributed by atoms with Gasteiger partial charge in [-0.25, -0.2) is 4.98 Å². The summed E-state index contributed by atoms with van der Waals surface area (Å²) >= 11 is 0. The second-order valence-electron chi connectivity index (χ2n) is 5.29. The van der Waals surface area contributed by atoms with Crippen LogP contribution in [0.25, 0.3) is 11.0 Å². The van der Waals surface area contributed by atoms with E-state index >= 15 is 0 Å². The van der Waals surface area contributed by atoms with Crippen molar-refractivity contribution in [3.63, 3.8) is 0 Å². The van der Waals surface area contributed by atoms with E-state index in [1.165, 1.54) is 12.3 Å². The molecule has 24 heavy (non-hydrogen) atoms. The number of carbonyl (C=O) groups excluding carboxylic acids is 2. The quantitative estimate of drug-likeness (QED) is 0.763. The Kier molecular flexibility index (Phi) is 5.30. The van der Waals surface area contributed by atoms with Crippen LogP contribution >= 0.6 is 0 Å². The first-order valence-corrected chi connectivity index (χ1v) is 7.63. The first-order valence-electron chi connectivity index (χ1n) is 7.63. The Balaban J connectivity index is 2.65. The largest absolute Gasteiger partial charge is 0.392 e. The molecule has 0 aliphatic heterocycles. The molecule has 0 atom stereocenters. The van der Waals surface area contributed by atoms with Crippen molar-refractivity contribution in [2.75, 3.05) is 13.1 Å². The number of carbonyl (C=O) groups is 2. The van der Waals surface area contributed by atoms with Gasteiger partial charge in [0.2, 0.25) is 5.91 Å². The number of likely N-dealkylation sites (N-methyl/N-ethyl adjacent to an activating group) is 1. The number of aliphatic hydroxyl groups is 1. The van der Waals surface area contributed by atoms with Gasteiger partial charge < -0.3 is 15.7 Å². The molecule has 2 amide bonds. The molecular weight excluding hydrogens is 312 g/mol. The number of primary amides is 1. The zero-order valence-corrected chi connectivity index (χ0v) is 13.7. The molecule has 8 nitrogen and oxygen atoms in total. The monoisotopic (exact) mass is 332 g/mol. The molecule has 128 valence electrons. The summed E-state index contributed by atoms with van der Waals surface area (Å²) in [4.78, 5) is 42.2. The Bertz CT molecular complexity index is 840. The number of nitrogens with zero attached hydrogens (tertiary/aromatic N) is 3. The van der Waals surface area contributed by atoms with Gasteiger partial charge in [-0.15, -0.1) is 0 Å². The van der Waals surface area contributed by atoms with E-state index in [0.29, 0.717) is 24.0 Å². The Morgan fingerprint density at radius 1 is 1.29 bits per heavy atom. The molecule has 0 radical (unpaired) electrons. The third-order valence-corrected chi connectivity index (χ3v) is 3.84. The van der Waals surface area contributed by atoms with E-state index in [1.807, 2.05) is 13.8 Å². The molecule has 2 aromatic heterocycles. The van der Waals surface area contributed by atoms with E-state index in [9.17, 15) is 19.5 Å². The van der Waals surface area contributed by atoms with Gasteiger partial charge >= 0.3 is 0 Å². The van der Waals surface area contributed by atoms with Crippen LogP contribution in [0.4, 0.5) is 0 Å². The summed E-state index contributed by atoms with van der Waals surface area (Å²) in [5, 5.41) is 9.68. The van der Waals surface area contributed by atoms with E-state index in [-0.39, 0.29) is 30.3 Å². The van der Waals surface area contributed by atoms with Crippen LogP contribution in [0.5, 0.6) is 0 Å². The minimum absolute atomic E-state index is 0.216. The van der Waals surface area contributed by atoms with E-state index in [2.05, 4.69) is 4.98 Å². The first-order chi connectivity index (χ1) is 11.4. The van der Waals surface area contributed by atoms with Crippen LogP contribution in [-0.2, 0) is 17.9 Å². The van der Waals surface area contributed by atoms with Gasteiger partial charge in [0.25, 0.3) is 11.5 Å². The van der Waals surface area contributed by atoms with Crippen LogP contribution in [-0.4, -0.2) is 44.5 Å². The number of pyridine rings is 2. The number of amides is 2. The number of aliphatic hydroxyl groups excluding tert-OH is 1. The maximum absolute atomic E-state index is 12.5. The number of rotatable bonds is 6. The van der Waals surface area contributed by atoms with Gasteiger partial charge in [-0.1, -0.05) is 0 Å². The van der Waals surface area contributed by atoms with Crippen LogP contribution < -0.4 is 11.3 Å². The molecule has 0 aromatic carbocycles. The summed E-state index contributed by atoms with van der Waals surface area (Å²) in [6.45, 7) is 4.25. The highest BCUT2D eigenvalue weighted by Crippen LogP contribution is 2.14. The van der Waals surface area contributed by atoms with Gasteiger partial charge in [-0.05, 0) is 31.5 Å². The van der Waals surface area contributed by atoms with Crippen LogP contribution in [0.1, 0.15) is 29.8 Å². The molecule has 0 saturated heterocycles. The third kappa shape index (κ3) is 3.28. The standard InChI is InChI=1S/C16H20N4O4/c1-3-19(4-2)13(22)8-20-15-11(5-10(9-21)7-18-15)6-12(14(17)23)16(20)24/h5-7,21H,3-4,8-9H2,1-2H3,(H2,17,23). The predicted molar refractivity (Wildman–Crippen MR) is 88.4 cm³/mol. The minimum Gasteiger partial charge on any atom is -0.392 e. The predicted octanol–water partition coefficient (Wildman–Crippen LogP) is -0.144. The second kappa shape index (κ2) is 7.22. The molecule has 3 N–H and O–H groups in total. The van der Waals surface area contributed by atoms with Crippen molar-refractivity contribution in [3.05, 3.63) is 39.8 Å². The van der Waals surface area contributed by atoms with E-state index < -0.39 is 11.5 Å². The van der Waals surface area contributed by atoms with E-state index in [1.54, 1.807) is 11.0 Å². The maximum Gasteiger partial charge on any atom is 0.265 e. The van der Waals surface area contributed by atoms with Crippen LogP contribution in [0, 0.1) is 0 Å². The molecule has 0 unspecified atom stereocenters. The molecule has 0 aliphatic carbocycles. The van der Waals surface area contributed by atoms with Crippen molar-refractivity contribution in [1.82, 2.24) is 14.5 Å². The van der Waals surface area contributed by atoms with Crippen LogP contribution in [0.2, 0.25) is 0 Å². The van der Waals surface area contributed by atoms with E-state index in [0.717, 1.165) is 4.57 Å². The fraction of sp³-hybridized carbons (Fsp3) is 0.375. The zero-order valence-electron chi connectivity index (χ0n) is 13.7. The van der Waals surface area contributed by atoms with Crippen LogP contribution in [0.15, 0.2) is 23.1 Å². The molecule has 2 rings (SSSR count). The lowest BCUT2D eigenvalue weighted by Gasteiger charge is -2.20. The number of nitrogens with two attached hydrogens (primary N) is 1. The topological polar surface area (TPSA) is 119 Å². The van der Waals surface area contributed by atoms with Crippen molar-refractivity contribution in [2.24, 2.45) is 5.73 Å². The third-order valence-electron chi connectivity index (χ3n) is 3.84. The van der Waals surface area contributed by atoms with Crippen LogP contribution in [0.3, 0.4) is 0 Å². The van der Waals surface area contributed by atoms with Gasteiger partial charge in [0.05, 0.1) is 6.61 Å². The Morgan fingerprint density at radius 2 is 1.96 bits per heavy atom. The van der Waals surface area contributed by atoms with Crippen molar-refractivity contribution >= 4 is 22.8 Å². The molecule has 0 spiro atoms. The summed E-state index contributed by atoms with van der Waals surface area (Å²) in [6.07, 6.45) is 1.42. The summed E-state index contributed by atoms with van der Waals surface area (Å²) in [6, 6.07) is 2.94. The normalized spacial score (nSPS) is 10.8. The first kappa shape index (κ1) is 17.6. The minimum atomic E-state index is -0.875. The Hall–Kier alpha value is -2.74. The number of hydrogen-bond acceptors (Lipinski definition) is 5. The lowest BCUT2D eigenvalue weighted by molar-refractivity contribution is -0.131.